The standard InChI is InChI=1S/C13H19NO/c1-4-11(9-14-3)13(15)12-7-5-10(2)6-8-12/h5-8,11,14H,4,9H2,1-3H3. The molecule has 0 spiro atoms. The number of rotatable bonds is 5. The van der Waals surface area contributed by atoms with Gasteiger partial charge in [0, 0.05) is 18.0 Å². The highest BCUT2D eigenvalue weighted by Crippen LogP contribution is 2.12. The predicted octanol–water partition coefficient (Wildman–Crippen LogP) is 2.42. The maximum atomic E-state index is 12.0. The Kier molecular flexibility index (Phi) is 4.50. The van der Waals surface area contributed by atoms with E-state index in [0.29, 0.717) is 0 Å². The zero-order chi connectivity index (χ0) is 11.3. The molecule has 1 rings (SSSR count). The van der Waals surface area contributed by atoms with Gasteiger partial charge in [-0.05, 0) is 20.4 Å². The fourth-order valence-corrected chi connectivity index (χ4v) is 1.62. The fourth-order valence-electron chi connectivity index (χ4n) is 1.62. The van der Waals surface area contributed by atoms with E-state index in [2.05, 4.69) is 5.32 Å². The molecule has 2 heteroatoms. The number of Topliss-reactive ketones (excluding diaryl/α,β-unsaturated/α-hetero) is 1. The second kappa shape index (κ2) is 5.66. The molecular formula is C13H19NO. The minimum atomic E-state index is 0.0951. The molecule has 0 bridgehead atoms. The Morgan fingerprint density at radius 2 is 1.93 bits per heavy atom. The van der Waals surface area contributed by atoms with Gasteiger partial charge in [-0.2, -0.15) is 0 Å². The van der Waals surface area contributed by atoms with Crippen LogP contribution in [-0.2, 0) is 0 Å². The zero-order valence-electron chi connectivity index (χ0n) is 9.71. The maximum absolute atomic E-state index is 12.0. The second-order valence-corrected chi connectivity index (χ2v) is 3.89. The van der Waals surface area contributed by atoms with Crippen molar-refractivity contribution in [1.82, 2.24) is 5.32 Å². The summed E-state index contributed by atoms with van der Waals surface area (Å²) in [5, 5.41) is 3.06. The summed E-state index contributed by atoms with van der Waals surface area (Å²) in [5.74, 6) is 0.338. The van der Waals surface area contributed by atoms with Crippen LogP contribution in [0.25, 0.3) is 0 Å². The van der Waals surface area contributed by atoms with Crippen molar-refractivity contribution < 1.29 is 4.79 Å². The van der Waals surface area contributed by atoms with Crippen molar-refractivity contribution in [2.75, 3.05) is 13.6 Å². The van der Waals surface area contributed by atoms with Crippen molar-refractivity contribution in [3.05, 3.63) is 35.4 Å². The Balaban J connectivity index is 2.78. The summed E-state index contributed by atoms with van der Waals surface area (Å²) < 4.78 is 0. The lowest BCUT2D eigenvalue weighted by Gasteiger charge is -2.12. The zero-order valence-corrected chi connectivity index (χ0v) is 9.71. The summed E-state index contributed by atoms with van der Waals surface area (Å²) in [6, 6.07) is 7.80. The molecule has 0 aliphatic rings. The van der Waals surface area contributed by atoms with Crippen molar-refractivity contribution in [3.63, 3.8) is 0 Å². The smallest absolute Gasteiger partial charge is 0.167 e. The summed E-state index contributed by atoms with van der Waals surface area (Å²) >= 11 is 0. The number of carbonyl (C=O) groups excluding carboxylic acids is 1. The van der Waals surface area contributed by atoms with Gasteiger partial charge < -0.3 is 5.32 Å². The molecule has 0 aliphatic carbocycles. The summed E-state index contributed by atoms with van der Waals surface area (Å²) in [5.41, 5.74) is 2.01. The van der Waals surface area contributed by atoms with Crippen LogP contribution in [0.15, 0.2) is 24.3 Å². The number of hydrogen-bond acceptors (Lipinski definition) is 2. The molecule has 82 valence electrons. The van der Waals surface area contributed by atoms with E-state index in [1.165, 1.54) is 5.56 Å². The Bertz CT molecular complexity index is 316. The van der Waals surface area contributed by atoms with E-state index < -0.39 is 0 Å². The highest BCUT2D eigenvalue weighted by molar-refractivity contribution is 5.98. The Morgan fingerprint density at radius 1 is 1.33 bits per heavy atom. The third-order valence-electron chi connectivity index (χ3n) is 2.65. The van der Waals surface area contributed by atoms with Crippen LogP contribution in [0.4, 0.5) is 0 Å². The number of aryl methyl sites for hydroxylation is 1. The SMILES string of the molecule is CCC(CNC)C(=O)c1ccc(C)cc1. The number of carbonyl (C=O) groups is 1. The molecule has 0 amide bonds. The average Bonchev–Trinajstić information content (AvgIpc) is 2.26. The summed E-state index contributed by atoms with van der Waals surface area (Å²) in [7, 11) is 1.88. The number of benzene rings is 1. The molecule has 1 aromatic carbocycles. The van der Waals surface area contributed by atoms with E-state index in [4.69, 9.17) is 0 Å². The normalized spacial score (nSPS) is 12.5. The molecule has 0 fully saturated rings. The van der Waals surface area contributed by atoms with Crippen LogP contribution < -0.4 is 5.32 Å². The van der Waals surface area contributed by atoms with Gasteiger partial charge in [0.1, 0.15) is 0 Å². The van der Waals surface area contributed by atoms with Crippen LogP contribution in [0.1, 0.15) is 29.3 Å². The van der Waals surface area contributed by atoms with Gasteiger partial charge in [0.15, 0.2) is 5.78 Å². The molecule has 1 N–H and O–H groups in total. The van der Waals surface area contributed by atoms with Crippen molar-refractivity contribution in [2.24, 2.45) is 5.92 Å². The molecule has 2 nitrogen and oxygen atoms in total. The third kappa shape index (κ3) is 3.17. The molecule has 0 saturated heterocycles. The molecule has 0 saturated carbocycles. The summed E-state index contributed by atoms with van der Waals surface area (Å²) in [4.78, 5) is 12.0. The van der Waals surface area contributed by atoms with Gasteiger partial charge in [-0.15, -0.1) is 0 Å². The van der Waals surface area contributed by atoms with E-state index in [1.807, 2.05) is 45.2 Å². The number of nitrogens with one attached hydrogen (secondary N) is 1. The fraction of sp³-hybridized carbons (Fsp3) is 0.462. The van der Waals surface area contributed by atoms with Gasteiger partial charge in [-0.1, -0.05) is 36.8 Å². The lowest BCUT2D eigenvalue weighted by Crippen LogP contribution is -2.25. The first-order valence-electron chi connectivity index (χ1n) is 5.44. The molecule has 1 atom stereocenters. The lowest BCUT2D eigenvalue weighted by atomic mass is 9.95. The second-order valence-electron chi connectivity index (χ2n) is 3.89. The molecule has 1 aromatic rings. The molecule has 1 unspecified atom stereocenters. The first-order chi connectivity index (χ1) is 7.19. The van der Waals surface area contributed by atoms with E-state index in [-0.39, 0.29) is 11.7 Å². The van der Waals surface area contributed by atoms with E-state index in [1.54, 1.807) is 0 Å². The first kappa shape index (κ1) is 11.9. The summed E-state index contributed by atoms with van der Waals surface area (Å²) in [6.07, 6.45) is 0.882. The third-order valence-corrected chi connectivity index (χ3v) is 2.65. The van der Waals surface area contributed by atoms with Crippen LogP contribution in [-0.4, -0.2) is 19.4 Å². The highest BCUT2D eigenvalue weighted by atomic mass is 16.1. The van der Waals surface area contributed by atoms with E-state index in [9.17, 15) is 4.79 Å². The maximum Gasteiger partial charge on any atom is 0.167 e. The monoisotopic (exact) mass is 205 g/mol. The van der Waals surface area contributed by atoms with Crippen LogP contribution in [0.2, 0.25) is 0 Å². The van der Waals surface area contributed by atoms with Crippen LogP contribution >= 0.6 is 0 Å². The van der Waals surface area contributed by atoms with E-state index in [0.717, 1.165) is 18.5 Å². The number of ketones is 1. The van der Waals surface area contributed by atoms with Gasteiger partial charge in [-0.25, -0.2) is 0 Å². The molecule has 0 aromatic heterocycles. The van der Waals surface area contributed by atoms with Crippen LogP contribution in [0.3, 0.4) is 0 Å². The van der Waals surface area contributed by atoms with E-state index >= 15 is 0 Å². The van der Waals surface area contributed by atoms with Gasteiger partial charge in [0.2, 0.25) is 0 Å². The topological polar surface area (TPSA) is 29.1 Å². The van der Waals surface area contributed by atoms with Crippen molar-refractivity contribution in [1.29, 1.82) is 0 Å². The molecular weight excluding hydrogens is 186 g/mol. The molecule has 15 heavy (non-hydrogen) atoms. The number of hydrogen-bond donors (Lipinski definition) is 1. The predicted molar refractivity (Wildman–Crippen MR) is 63.2 cm³/mol. The van der Waals surface area contributed by atoms with Gasteiger partial charge >= 0.3 is 0 Å². The van der Waals surface area contributed by atoms with Crippen molar-refractivity contribution >= 4 is 5.78 Å². The Labute approximate surface area is 91.7 Å². The van der Waals surface area contributed by atoms with Crippen LogP contribution in [0, 0.1) is 12.8 Å². The average molecular weight is 205 g/mol. The Hall–Kier alpha value is -1.15. The van der Waals surface area contributed by atoms with Crippen molar-refractivity contribution in [2.45, 2.75) is 20.3 Å². The van der Waals surface area contributed by atoms with Crippen LogP contribution in [0.5, 0.6) is 0 Å². The minimum Gasteiger partial charge on any atom is -0.319 e. The summed E-state index contributed by atoms with van der Waals surface area (Å²) in [6.45, 7) is 4.83. The van der Waals surface area contributed by atoms with Gasteiger partial charge in [-0.3, -0.25) is 4.79 Å². The lowest BCUT2D eigenvalue weighted by molar-refractivity contribution is 0.0916. The quantitative estimate of drug-likeness (QED) is 0.748. The van der Waals surface area contributed by atoms with Gasteiger partial charge in [0.25, 0.3) is 0 Å². The Morgan fingerprint density at radius 3 is 2.40 bits per heavy atom. The molecule has 0 radical (unpaired) electrons. The molecule has 0 heterocycles. The minimum absolute atomic E-state index is 0.0951. The highest BCUT2D eigenvalue weighted by Gasteiger charge is 2.16. The first-order valence-corrected chi connectivity index (χ1v) is 5.44. The van der Waals surface area contributed by atoms with Gasteiger partial charge in [0.05, 0.1) is 0 Å². The largest absolute Gasteiger partial charge is 0.319 e. The molecule has 0 aliphatic heterocycles. The van der Waals surface area contributed by atoms with Crippen molar-refractivity contribution in [3.8, 4) is 0 Å².